The zero-order valence-electron chi connectivity index (χ0n) is 23.3. The molecule has 3 aromatic carbocycles. The normalized spacial score (nSPS) is 11.0. The molecule has 0 unspecified atom stereocenters. The van der Waals surface area contributed by atoms with Crippen LogP contribution >= 0.6 is 46.3 Å². The average Bonchev–Trinajstić information content (AvgIpc) is 3.44. The van der Waals surface area contributed by atoms with Crippen molar-refractivity contribution in [2.75, 3.05) is 23.0 Å². The lowest BCUT2D eigenvalue weighted by Gasteiger charge is -2.13. The van der Waals surface area contributed by atoms with Gasteiger partial charge in [-0.3, -0.25) is 19.2 Å². The lowest BCUT2D eigenvalue weighted by atomic mass is 10.1. The Labute approximate surface area is 272 Å². The van der Waals surface area contributed by atoms with E-state index in [0.29, 0.717) is 42.6 Å². The minimum Gasteiger partial charge on any atom is -0.466 e. The summed E-state index contributed by atoms with van der Waals surface area (Å²) >= 11 is 15.1. The van der Waals surface area contributed by atoms with Crippen LogP contribution in [0.4, 0.5) is 10.8 Å². The van der Waals surface area contributed by atoms with E-state index < -0.39 is 11.8 Å². The Hall–Kier alpha value is -4.16. The number of carbonyl (C=O) groups is 4. The number of hydrogen-bond donors (Lipinski definition) is 3. The number of amides is 3. The summed E-state index contributed by atoms with van der Waals surface area (Å²) in [6.45, 7) is 2.01. The van der Waals surface area contributed by atoms with Gasteiger partial charge >= 0.3 is 5.97 Å². The van der Waals surface area contributed by atoms with E-state index in [1.807, 2.05) is 0 Å². The van der Waals surface area contributed by atoms with Crippen LogP contribution in [0.3, 0.4) is 0 Å². The van der Waals surface area contributed by atoms with Gasteiger partial charge in [0.2, 0.25) is 5.91 Å². The number of ether oxygens (including phenoxy) is 1. The summed E-state index contributed by atoms with van der Waals surface area (Å²) in [6, 6.07) is 20.3. The Morgan fingerprint density at radius 2 is 1.68 bits per heavy atom. The largest absolute Gasteiger partial charge is 0.466 e. The molecule has 0 saturated heterocycles. The van der Waals surface area contributed by atoms with Gasteiger partial charge in [-0.05, 0) is 55.5 Å². The molecule has 0 aliphatic rings. The summed E-state index contributed by atoms with van der Waals surface area (Å²) in [5.41, 5.74) is 1.62. The van der Waals surface area contributed by atoms with Crippen LogP contribution in [0, 0.1) is 0 Å². The van der Waals surface area contributed by atoms with Gasteiger partial charge in [0.25, 0.3) is 11.8 Å². The van der Waals surface area contributed by atoms with Gasteiger partial charge in [-0.15, -0.1) is 23.1 Å². The van der Waals surface area contributed by atoms with Gasteiger partial charge in [-0.2, -0.15) is 0 Å². The monoisotopic (exact) mass is 668 g/mol. The van der Waals surface area contributed by atoms with Gasteiger partial charge < -0.3 is 20.7 Å². The molecule has 3 amide bonds. The fraction of sp³-hybridized carbons (Fsp3) is 0.129. The lowest BCUT2D eigenvalue weighted by molar-refractivity contribution is -0.142. The highest BCUT2D eigenvalue weighted by molar-refractivity contribution is 8.00. The van der Waals surface area contributed by atoms with E-state index in [0.717, 1.165) is 0 Å². The number of nitrogens with one attached hydrogen (secondary N) is 3. The molecule has 0 fully saturated rings. The number of esters is 1. The van der Waals surface area contributed by atoms with Gasteiger partial charge in [0.15, 0.2) is 5.13 Å². The fourth-order valence-corrected chi connectivity index (χ4v) is 5.70. The maximum absolute atomic E-state index is 13.4. The summed E-state index contributed by atoms with van der Waals surface area (Å²) in [4.78, 5) is 55.5. The quantitative estimate of drug-likeness (QED) is 0.0871. The van der Waals surface area contributed by atoms with Crippen LogP contribution in [0.15, 0.2) is 88.8 Å². The van der Waals surface area contributed by atoms with Gasteiger partial charge in [-0.25, -0.2) is 4.98 Å². The minimum absolute atomic E-state index is 0.0335. The molecule has 0 saturated carbocycles. The number of nitrogens with zero attached hydrogens (tertiary/aromatic N) is 1. The van der Waals surface area contributed by atoms with E-state index in [1.165, 1.54) is 29.2 Å². The molecular formula is C31H26Cl2N4O5S2. The third-order valence-electron chi connectivity index (χ3n) is 5.71. The average molecular weight is 670 g/mol. The maximum Gasteiger partial charge on any atom is 0.311 e. The van der Waals surface area contributed by atoms with Crippen LogP contribution in [0.25, 0.3) is 6.08 Å². The maximum atomic E-state index is 13.4. The molecule has 0 aliphatic heterocycles. The SMILES string of the molecule is CCOC(=O)Cc1csc(NC(=O)CSc2cccc(NC(=O)/C(=C\c3c(Cl)cccc3Cl)NC(=O)c3ccccc3)c2)n1. The first-order valence-corrected chi connectivity index (χ1v) is 15.8. The Bertz CT molecular complexity index is 1680. The molecule has 1 aromatic heterocycles. The number of aromatic nitrogens is 1. The molecule has 1 heterocycles. The molecule has 0 aliphatic carbocycles. The van der Waals surface area contributed by atoms with Gasteiger partial charge in [-0.1, -0.05) is 53.5 Å². The molecule has 0 bridgehead atoms. The molecule has 226 valence electrons. The Balaban J connectivity index is 1.42. The van der Waals surface area contributed by atoms with Crippen LogP contribution in [-0.2, 0) is 25.5 Å². The Morgan fingerprint density at radius 3 is 2.41 bits per heavy atom. The van der Waals surface area contributed by atoms with E-state index in [1.54, 1.807) is 85.1 Å². The summed E-state index contributed by atoms with van der Waals surface area (Å²) in [5, 5.41) is 10.8. The first-order chi connectivity index (χ1) is 21.2. The Morgan fingerprint density at radius 1 is 0.955 bits per heavy atom. The molecule has 13 heteroatoms. The number of hydrogen-bond acceptors (Lipinski definition) is 8. The number of thiazole rings is 1. The number of carbonyl (C=O) groups excluding carboxylic acids is 4. The second-order valence-electron chi connectivity index (χ2n) is 8.96. The van der Waals surface area contributed by atoms with Crippen molar-refractivity contribution in [3.05, 3.63) is 111 Å². The van der Waals surface area contributed by atoms with E-state index in [9.17, 15) is 19.2 Å². The summed E-state index contributed by atoms with van der Waals surface area (Å²) in [6.07, 6.45) is 1.45. The molecule has 4 aromatic rings. The topological polar surface area (TPSA) is 126 Å². The first-order valence-electron chi connectivity index (χ1n) is 13.2. The first kappa shape index (κ1) is 32.7. The van der Waals surface area contributed by atoms with Crippen LogP contribution < -0.4 is 16.0 Å². The highest BCUT2D eigenvalue weighted by atomic mass is 35.5. The van der Waals surface area contributed by atoms with E-state index in [4.69, 9.17) is 27.9 Å². The highest BCUT2D eigenvalue weighted by Crippen LogP contribution is 2.27. The van der Waals surface area contributed by atoms with Crippen LogP contribution in [0.1, 0.15) is 28.5 Å². The third kappa shape index (κ3) is 9.68. The molecular weight excluding hydrogens is 643 g/mol. The zero-order chi connectivity index (χ0) is 31.5. The second kappa shape index (κ2) is 16.1. The molecule has 9 nitrogen and oxygen atoms in total. The van der Waals surface area contributed by atoms with Crippen LogP contribution in [0.5, 0.6) is 0 Å². The third-order valence-corrected chi connectivity index (χ3v) is 8.17. The van der Waals surface area contributed by atoms with Crippen molar-refractivity contribution in [1.82, 2.24) is 10.3 Å². The lowest BCUT2D eigenvalue weighted by Crippen LogP contribution is -2.30. The molecule has 44 heavy (non-hydrogen) atoms. The molecule has 3 N–H and O–H groups in total. The molecule has 0 atom stereocenters. The van der Waals surface area contributed by atoms with Crippen molar-refractivity contribution in [1.29, 1.82) is 0 Å². The van der Waals surface area contributed by atoms with Crippen molar-refractivity contribution in [2.45, 2.75) is 18.2 Å². The van der Waals surface area contributed by atoms with Crippen LogP contribution in [-0.4, -0.2) is 41.0 Å². The molecule has 4 rings (SSSR count). The van der Waals surface area contributed by atoms with Crippen molar-refractivity contribution in [2.24, 2.45) is 0 Å². The van der Waals surface area contributed by atoms with Crippen molar-refractivity contribution in [3.63, 3.8) is 0 Å². The minimum atomic E-state index is -0.604. The summed E-state index contributed by atoms with van der Waals surface area (Å²) in [5.74, 6) is -1.68. The second-order valence-corrected chi connectivity index (χ2v) is 11.7. The smallest absolute Gasteiger partial charge is 0.311 e. The Kier molecular flexibility index (Phi) is 12.0. The fourth-order valence-electron chi connectivity index (χ4n) is 3.71. The standard InChI is InChI=1S/C31H26Cl2N4O5S2/c1-2-42-28(39)15-21-17-44-31(35-21)37-27(38)18-43-22-11-6-10-20(14-22)34-30(41)26(16-23-24(32)12-7-13-25(23)33)36-29(40)19-8-4-3-5-9-19/h3-14,16-17H,2,15,18H2,1H3,(H,34,41)(H,36,40)(H,35,37,38)/b26-16+. The number of rotatable bonds is 12. The predicted molar refractivity (Wildman–Crippen MR) is 175 cm³/mol. The van der Waals surface area contributed by atoms with Gasteiger partial charge in [0.05, 0.1) is 24.5 Å². The molecule has 0 spiro atoms. The number of thioether (sulfide) groups is 1. The zero-order valence-corrected chi connectivity index (χ0v) is 26.4. The summed E-state index contributed by atoms with van der Waals surface area (Å²) in [7, 11) is 0. The van der Waals surface area contributed by atoms with Gasteiger partial charge in [0, 0.05) is 37.1 Å². The number of benzene rings is 3. The van der Waals surface area contributed by atoms with Gasteiger partial charge in [0.1, 0.15) is 5.70 Å². The highest BCUT2D eigenvalue weighted by Gasteiger charge is 2.17. The van der Waals surface area contributed by atoms with Crippen LogP contribution in [0.2, 0.25) is 10.0 Å². The number of halogens is 2. The van der Waals surface area contributed by atoms with Crippen molar-refractivity contribution in [3.8, 4) is 0 Å². The predicted octanol–water partition coefficient (Wildman–Crippen LogP) is 6.70. The van der Waals surface area contributed by atoms with Crippen molar-refractivity contribution < 1.29 is 23.9 Å². The van der Waals surface area contributed by atoms with Crippen molar-refractivity contribution >= 4 is 86.9 Å². The summed E-state index contributed by atoms with van der Waals surface area (Å²) < 4.78 is 4.92. The molecule has 0 radical (unpaired) electrons. The van der Waals surface area contributed by atoms with E-state index in [2.05, 4.69) is 20.9 Å². The van der Waals surface area contributed by atoms with E-state index in [-0.39, 0.29) is 36.4 Å². The van der Waals surface area contributed by atoms with E-state index >= 15 is 0 Å². The number of anilines is 2.